The maximum Gasteiger partial charge on any atom is 0.0934 e. The highest BCUT2D eigenvalue weighted by Crippen LogP contribution is 2.07. The standard InChI is InChI=1S/C20H43NO2/c1-5-7-9-11-13-15-17-23-20(18-21(3)4)19-22-16-14-12-10-8-6-2/h20H,5-19H2,1-4H3. The Kier molecular flexibility index (Phi) is 18.1. The predicted octanol–water partition coefficient (Wildman–Crippen LogP) is 5.28. The Labute approximate surface area is 146 Å². The van der Waals surface area contributed by atoms with Crippen LogP contribution in [0.1, 0.15) is 84.5 Å². The quantitative estimate of drug-likeness (QED) is 0.319. The van der Waals surface area contributed by atoms with Crippen molar-refractivity contribution < 1.29 is 9.47 Å². The molecule has 0 rings (SSSR count). The minimum Gasteiger partial charge on any atom is -0.379 e. The van der Waals surface area contributed by atoms with Crippen LogP contribution in [0.15, 0.2) is 0 Å². The highest BCUT2D eigenvalue weighted by Gasteiger charge is 2.10. The molecule has 3 nitrogen and oxygen atoms in total. The second-order valence-corrected chi connectivity index (χ2v) is 7.01. The van der Waals surface area contributed by atoms with E-state index in [1.165, 1.54) is 70.6 Å². The highest BCUT2D eigenvalue weighted by molar-refractivity contribution is 4.61. The van der Waals surface area contributed by atoms with E-state index in [0.29, 0.717) is 0 Å². The first-order valence-electron chi connectivity index (χ1n) is 10.0. The van der Waals surface area contributed by atoms with Gasteiger partial charge >= 0.3 is 0 Å². The van der Waals surface area contributed by atoms with E-state index in [1.807, 2.05) is 0 Å². The second-order valence-electron chi connectivity index (χ2n) is 7.01. The van der Waals surface area contributed by atoms with Gasteiger partial charge in [0.2, 0.25) is 0 Å². The number of unbranched alkanes of at least 4 members (excludes halogenated alkanes) is 9. The second kappa shape index (κ2) is 18.2. The van der Waals surface area contributed by atoms with E-state index in [-0.39, 0.29) is 6.10 Å². The van der Waals surface area contributed by atoms with Gasteiger partial charge in [0.15, 0.2) is 0 Å². The van der Waals surface area contributed by atoms with Crippen molar-refractivity contribution >= 4 is 0 Å². The summed E-state index contributed by atoms with van der Waals surface area (Å²) in [6.07, 6.45) is 14.6. The lowest BCUT2D eigenvalue weighted by molar-refractivity contribution is -0.0287. The molecule has 0 aliphatic rings. The van der Waals surface area contributed by atoms with Crippen molar-refractivity contribution in [3.63, 3.8) is 0 Å². The van der Waals surface area contributed by atoms with Crippen molar-refractivity contribution in [1.29, 1.82) is 0 Å². The van der Waals surface area contributed by atoms with Gasteiger partial charge in [0.25, 0.3) is 0 Å². The van der Waals surface area contributed by atoms with Gasteiger partial charge in [0.1, 0.15) is 0 Å². The topological polar surface area (TPSA) is 21.7 Å². The van der Waals surface area contributed by atoms with Crippen LogP contribution in [0.3, 0.4) is 0 Å². The molecule has 0 bridgehead atoms. The first-order chi connectivity index (χ1) is 11.2. The summed E-state index contributed by atoms with van der Waals surface area (Å²) in [5, 5.41) is 0. The molecule has 0 amide bonds. The normalized spacial score (nSPS) is 12.9. The molecule has 0 aromatic carbocycles. The van der Waals surface area contributed by atoms with E-state index in [4.69, 9.17) is 9.47 Å². The number of nitrogens with zero attached hydrogens (tertiary/aromatic N) is 1. The van der Waals surface area contributed by atoms with Gasteiger partial charge in [0, 0.05) is 19.8 Å². The van der Waals surface area contributed by atoms with Crippen LogP contribution in [0.2, 0.25) is 0 Å². The molecular weight excluding hydrogens is 286 g/mol. The van der Waals surface area contributed by atoms with Crippen LogP contribution in [0, 0.1) is 0 Å². The Hall–Kier alpha value is -0.120. The molecule has 0 aliphatic carbocycles. The van der Waals surface area contributed by atoms with Crippen LogP contribution >= 0.6 is 0 Å². The molecule has 1 unspecified atom stereocenters. The van der Waals surface area contributed by atoms with Crippen LogP contribution in [-0.2, 0) is 9.47 Å². The number of ether oxygens (including phenoxy) is 2. The Morgan fingerprint density at radius 1 is 0.696 bits per heavy atom. The van der Waals surface area contributed by atoms with Gasteiger partial charge < -0.3 is 14.4 Å². The first-order valence-corrected chi connectivity index (χ1v) is 10.0. The maximum absolute atomic E-state index is 6.04. The Balaban J connectivity index is 3.60. The molecule has 0 aromatic heterocycles. The first kappa shape index (κ1) is 22.9. The molecule has 23 heavy (non-hydrogen) atoms. The van der Waals surface area contributed by atoms with Crippen molar-refractivity contribution in [1.82, 2.24) is 4.90 Å². The zero-order valence-corrected chi connectivity index (χ0v) is 16.4. The summed E-state index contributed by atoms with van der Waals surface area (Å²) in [6, 6.07) is 0. The summed E-state index contributed by atoms with van der Waals surface area (Å²) in [5.41, 5.74) is 0. The molecule has 1 atom stereocenters. The highest BCUT2D eigenvalue weighted by atomic mass is 16.5. The van der Waals surface area contributed by atoms with E-state index < -0.39 is 0 Å². The predicted molar refractivity (Wildman–Crippen MR) is 101 cm³/mol. The van der Waals surface area contributed by atoms with Crippen molar-refractivity contribution in [2.45, 2.75) is 90.6 Å². The lowest BCUT2D eigenvalue weighted by atomic mass is 10.1. The fraction of sp³-hybridized carbons (Fsp3) is 1.00. The third-order valence-corrected chi connectivity index (χ3v) is 4.12. The summed E-state index contributed by atoms with van der Waals surface area (Å²) in [4.78, 5) is 2.19. The Morgan fingerprint density at radius 3 is 1.78 bits per heavy atom. The fourth-order valence-electron chi connectivity index (χ4n) is 2.72. The van der Waals surface area contributed by atoms with Gasteiger partial charge in [0.05, 0.1) is 12.7 Å². The number of hydrogen-bond donors (Lipinski definition) is 0. The Morgan fingerprint density at radius 2 is 1.22 bits per heavy atom. The third kappa shape index (κ3) is 18.1. The van der Waals surface area contributed by atoms with Crippen molar-refractivity contribution in [2.24, 2.45) is 0 Å². The molecule has 0 radical (unpaired) electrons. The minimum atomic E-state index is 0.219. The van der Waals surface area contributed by atoms with Crippen molar-refractivity contribution in [2.75, 3.05) is 40.5 Å². The van der Waals surface area contributed by atoms with E-state index in [9.17, 15) is 0 Å². The van der Waals surface area contributed by atoms with E-state index >= 15 is 0 Å². The molecule has 0 saturated carbocycles. The summed E-state index contributed by atoms with van der Waals surface area (Å²) < 4.78 is 11.9. The van der Waals surface area contributed by atoms with Crippen LogP contribution in [0.4, 0.5) is 0 Å². The third-order valence-electron chi connectivity index (χ3n) is 4.12. The number of likely N-dealkylation sites (N-methyl/N-ethyl adjacent to an activating group) is 1. The Bertz CT molecular complexity index is 204. The van der Waals surface area contributed by atoms with Crippen molar-refractivity contribution in [3.8, 4) is 0 Å². The average Bonchev–Trinajstić information content (AvgIpc) is 2.52. The molecule has 3 heteroatoms. The minimum absolute atomic E-state index is 0.219. The molecule has 0 fully saturated rings. The molecule has 0 N–H and O–H groups in total. The van der Waals surface area contributed by atoms with Crippen LogP contribution in [0.25, 0.3) is 0 Å². The smallest absolute Gasteiger partial charge is 0.0934 e. The molecule has 0 saturated heterocycles. The molecule has 0 aliphatic heterocycles. The summed E-state index contributed by atoms with van der Waals surface area (Å²) >= 11 is 0. The van der Waals surface area contributed by atoms with Crippen molar-refractivity contribution in [3.05, 3.63) is 0 Å². The average molecular weight is 330 g/mol. The number of rotatable bonds is 18. The van der Waals surface area contributed by atoms with Gasteiger partial charge in [-0.2, -0.15) is 0 Å². The van der Waals surface area contributed by atoms with Gasteiger partial charge in [-0.3, -0.25) is 0 Å². The van der Waals surface area contributed by atoms with Crippen LogP contribution < -0.4 is 0 Å². The summed E-state index contributed by atoms with van der Waals surface area (Å²) in [5.74, 6) is 0. The monoisotopic (exact) mass is 329 g/mol. The molecule has 0 heterocycles. The maximum atomic E-state index is 6.04. The van der Waals surface area contributed by atoms with Gasteiger partial charge in [-0.15, -0.1) is 0 Å². The van der Waals surface area contributed by atoms with Gasteiger partial charge in [-0.1, -0.05) is 71.6 Å². The number of hydrogen-bond acceptors (Lipinski definition) is 3. The lowest BCUT2D eigenvalue weighted by Gasteiger charge is -2.21. The molecule has 0 aromatic rings. The van der Waals surface area contributed by atoms with Gasteiger partial charge in [-0.05, 0) is 26.9 Å². The van der Waals surface area contributed by atoms with Crippen LogP contribution in [0.5, 0.6) is 0 Å². The van der Waals surface area contributed by atoms with E-state index in [2.05, 4.69) is 32.8 Å². The fourth-order valence-corrected chi connectivity index (χ4v) is 2.72. The van der Waals surface area contributed by atoms with Crippen LogP contribution in [-0.4, -0.2) is 51.5 Å². The lowest BCUT2D eigenvalue weighted by Crippen LogP contribution is -2.32. The SMILES string of the molecule is CCCCCCCCOC(COCCCCCCC)CN(C)C. The van der Waals surface area contributed by atoms with Gasteiger partial charge in [-0.25, -0.2) is 0 Å². The van der Waals surface area contributed by atoms with E-state index in [0.717, 1.165) is 26.4 Å². The zero-order chi connectivity index (χ0) is 17.2. The van der Waals surface area contributed by atoms with E-state index in [1.54, 1.807) is 0 Å². The summed E-state index contributed by atoms with van der Waals surface area (Å²) in [7, 11) is 4.21. The largest absolute Gasteiger partial charge is 0.379 e. The molecule has 0 spiro atoms. The zero-order valence-electron chi connectivity index (χ0n) is 16.4. The molecule has 140 valence electrons. The summed E-state index contributed by atoms with van der Waals surface area (Å²) in [6.45, 7) is 7.97. The molecular formula is C20H43NO2.